The van der Waals surface area contributed by atoms with Crippen LogP contribution in [0.4, 0.5) is 21.1 Å². The standard InChI is InChI=1S/C17H19N5O3/c23-16(19-11-3-1-2-4-11)21-15-6-5-13-14(20-15)9-12(10-18-13)22-7-8-25-17(22)24/h5-6,9-11H,1-4,7-8H2,(H2,19,20,21,23). The molecule has 2 aromatic heterocycles. The Morgan fingerprint density at radius 3 is 2.84 bits per heavy atom. The molecule has 0 atom stereocenters. The Morgan fingerprint density at radius 2 is 2.08 bits per heavy atom. The molecular formula is C17H19N5O3. The predicted molar refractivity (Wildman–Crippen MR) is 92.6 cm³/mol. The van der Waals surface area contributed by atoms with Crippen molar-refractivity contribution in [3.05, 3.63) is 24.4 Å². The molecule has 4 rings (SSSR count). The molecule has 2 aromatic rings. The summed E-state index contributed by atoms with van der Waals surface area (Å²) < 4.78 is 4.95. The Labute approximate surface area is 144 Å². The van der Waals surface area contributed by atoms with E-state index in [2.05, 4.69) is 20.6 Å². The average Bonchev–Trinajstić information content (AvgIpc) is 3.25. The zero-order valence-corrected chi connectivity index (χ0v) is 13.7. The lowest BCUT2D eigenvalue weighted by Gasteiger charge is -2.14. The molecular weight excluding hydrogens is 322 g/mol. The van der Waals surface area contributed by atoms with E-state index in [0.29, 0.717) is 35.7 Å². The van der Waals surface area contributed by atoms with Crippen LogP contribution in [0.15, 0.2) is 24.4 Å². The second-order valence-corrected chi connectivity index (χ2v) is 6.27. The Kier molecular flexibility index (Phi) is 4.09. The zero-order chi connectivity index (χ0) is 17.2. The molecule has 130 valence electrons. The van der Waals surface area contributed by atoms with E-state index in [1.807, 2.05) is 0 Å². The molecule has 8 nitrogen and oxygen atoms in total. The number of carbonyl (C=O) groups excluding carboxylic acids is 2. The number of pyridine rings is 2. The van der Waals surface area contributed by atoms with Gasteiger partial charge in [0.2, 0.25) is 0 Å². The third-order valence-electron chi connectivity index (χ3n) is 4.53. The van der Waals surface area contributed by atoms with E-state index in [4.69, 9.17) is 4.74 Å². The number of aromatic nitrogens is 2. The fourth-order valence-electron chi connectivity index (χ4n) is 3.25. The SMILES string of the molecule is O=C(Nc1ccc2ncc(N3CCOC3=O)cc2n1)NC1CCCC1. The maximum absolute atomic E-state index is 12.1. The normalized spacial score (nSPS) is 17.8. The number of cyclic esters (lactones) is 1. The van der Waals surface area contributed by atoms with Crippen molar-refractivity contribution in [1.82, 2.24) is 15.3 Å². The summed E-state index contributed by atoms with van der Waals surface area (Å²) >= 11 is 0. The molecule has 2 N–H and O–H groups in total. The van der Waals surface area contributed by atoms with Crippen molar-refractivity contribution in [3.8, 4) is 0 Å². The van der Waals surface area contributed by atoms with E-state index in [9.17, 15) is 9.59 Å². The van der Waals surface area contributed by atoms with Gasteiger partial charge in [-0.3, -0.25) is 15.2 Å². The van der Waals surface area contributed by atoms with Crippen LogP contribution in [0, 0.1) is 0 Å². The molecule has 2 aliphatic rings. The van der Waals surface area contributed by atoms with Crippen molar-refractivity contribution in [2.75, 3.05) is 23.4 Å². The highest BCUT2D eigenvalue weighted by Crippen LogP contribution is 2.23. The summed E-state index contributed by atoms with van der Waals surface area (Å²) in [5.41, 5.74) is 1.93. The van der Waals surface area contributed by atoms with Crippen LogP contribution < -0.4 is 15.5 Å². The Morgan fingerprint density at radius 1 is 1.24 bits per heavy atom. The van der Waals surface area contributed by atoms with Crippen LogP contribution in [0.2, 0.25) is 0 Å². The molecule has 1 saturated carbocycles. The number of carbonyl (C=O) groups is 2. The zero-order valence-electron chi connectivity index (χ0n) is 13.7. The highest BCUT2D eigenvalue weighted by molar-refractivity contribution is 5.93. The van der Waals surface area contributed by atoms with Gasteiger partial charge in [-0.1, -0.05) is 12.8 Å². The van der Waals surface area contributed by atoms with Gasteiger partial charge in [0.15, 0.2) is 0 Å². The number of anilines is 2. The molecule has 3 heterocycles. The predicted octanol–water partition coefficient (Wildman–Crippen LogP) is 2.65. The maximum Gasteiger partial charge on any atom is 0.414 e. The van der Waals surface area contributed by atoms with Gasteiger partial charge in [0.1, 0.15) is 12.4 Å². The highest BCUT2D eigenvalue weighted by atomic mass is 16.6. The van der Waals surface area contributed by atoms with E-state index < -0.39 is 0 Å². The van der Waals surface area contributed by atoms with Gasteiger partial charge in [-0.25, -0.2) is 14.6 Å². The monoisotopic (exact) mass is 341 g/mol. The molecule has 2 fully saturated rings. The van der Waals surface area contributed by atoms with Gasteiger partial charge in [0.05, 0.1) is 29.5 Å². The van der Waals surface area contributed by atoms with E-state index >= 15 is 0 Å². The fraction of sp³-hybridized carbons (Fsp3) is 0.412. The summed E-state index contributed by atoms with van der Waals surface area (Å²) in [6.07, 6.45) is 5.61. The summed E-state index contributed by atoms with van der Waals surface area (Å²) in [5, 5.41) is 5.73. The van der Waals surface area contributed by atoms with Gasteiger partial charge >= 0.3 is 12.1 Å². The molecule has 1 aliphatic carbocycles. The number of hydrogen-bond donors (Lipinski definition) is 2. The summed E-state index contributed by atoms with van der Waals surface area (Å²) in [4.78, 5) is 34.0. The summed E-state index contributed by atoms with van der Waals surface area (Å²) in [6.45, 7) is 0.862. The lowest BCUT2D eigenvalue weighted by atomic mass is 10.2. The van der Waals surface area contributed by atoms with Crippen LogP contribution >= 0.6 is 0 Å². The number of hydrogen-bond acceptors (Lipinski definition) is 5. The van der Waals surface area contributed by atoms with Crippen LogP contribution in [0.5, 0.6) is 0 Å². The number of nitrogens with one attached hydrogen (secondary N) is 2. The topological polar surface area (TPSA) is 96.5 Å². The molecule has 0 aromatic carbocycles. The van der Waals surface area contributed by atoms with E-state index in [1.165, 1.54) is 4.90 Å². The first-order valence-electron chi connectivity index (χ1n) is 8.48. The van der Waals surface area contributed by atoms with E-state index in [0.717, 1.165) is 25.7 Å². The lowest BCUT2D eigenvalue weighted by molar-refractivity contribution is 0.181. The molecule has 3 amide bonds. The van der Waals surface area contributed by atoms with Crippen LogP contribution in [-0.2, 0) is 4.74 Å². The summed E-state index contributed by atoms with van der Waals surface area (Å²) in [6, 6.07) is 5.28. The van der Waals surface area contributed by atoms with Gasteiger partial charge < -0.3 is 10.1 Å². The second-order valence-electron chi connectivity index (χ2n) is 6.27. The van der Waals surface area contributed by atoms with Crippen molar-refractivity contribution < 1.29 is 14.3 Å². The molecule has 25 heavy (non-hydrogen) atoms. The largest absolute Gasteiger partial charge is 0.447 e. The summed E-state index contributed by atoms with van der Waals surface area (Å²) in [5.74, 6) is 0.450. The number of fused-ring (bicyclic) bond motifs is 1. The molecule has 8 heteroatoms. The van der Waals surface area contributed by atoms with Gasteiger partial charge in [0.25, 0.3) is 0 Å². The first-order chi connectivity index (χ1) is 12.2. The minimum atomic E-state index is -0.383. The Bertz CT molecular complexity index is 819. The van der Waals surface area contributed by atoms with E-state index in [-0.39, 0.29) is 18.2 Å². The second kappa shape index (κ2) is 6.54. The number of ether oxygens (including phenoxy) is 1. The molecule has 0 radical (unpaired) electrons. The Balaban J connectivity index is 1.51. The van der Waals surface area contributed by atoms with Crippen molar-refractivity contribution in [1.29, 1.82) is 0 Å². The van der Waals surface area contributed by atoms with Gasteiger partial charge in [-0.05, 0) is 31.0 Å². The quantitative estimate of drug-likeness (QED) is 0.894. The molecule has 0 unspecified atom stereocenters. The van der Waals surface area contributed by atoms with Crippen LogP contribution in [0.3, 0.4) is 0 Å². The third kappa shape index (κ3) is 3.33. The van der Waals surface area contributed by atoms with Gasteiger partial charge in [-0.15, -0.1) is 0 Å². The number of urea groups is 1. The van der Waals surface area contributed by atoms with Crippen LogP contribution in [0.1, 0.15) is 25.7 Å². The van der Waals surface area contributed by atoms with Gasteiger partial charge in [0, 0.05) is 6.04 Å². The van der Waals surface area contributed by atoms with Crippen molar-refractivity contribution in [2.45, 2.75) is 31.7 Å². The molecule has 1 saturated heterocycles. The molecule has 0 bridgehead atoms. The van der Waals surface area contributed by atoms with Crippen molar-refractivity contribution >= 4 is 34.7 Å². The Hall–Kier alpha value is -2.90. The smallest absolute Gasteiger partial charge is 0.414 e. The van der Waals surface area contributed by atoms with E-state index in [1.54, 1.807) is 24.4 Å². The van der Waals surface area contributed by atoms with Crippen LogP contribution in [-0.4, -0.2) is 41.3 Å². The first-order valence-corrected chi connectivity index (χ1v) is 8.48. The first kappa shape index (κ1) is 15.6. The van der Waals surface area contributed by atoms with Crippen molar-refractivity contribution in [3.63, 3.8) is 0 Å². The molecule has 0 spiro atoms. The minimum absolute atomic E-state index is 0.244. The third-order valence-corrected chi connectivity index (χ3v) is 4.53. The highest BCUT2D eigenvalue weighted by Gasteiger charge is 2.24. The van der Waals surface area contributed by atoms with Gasteiger partial charge in [-0.2, -0.15) is 0 Å². The minimum Gasteiger partial charge on any atom is -0.447 e. The molecule has 1 aliphatic heterocycles. The van der Waals surface area contributed by atoms with Crippen molar-refractivity contribution in [2.24, 2.45) is 0 Å². The fourth-order valence-corrected chi connectivity index (χ4v) is 3.25. The number of rotatable bonds is 3. The number of nitrogens with zero attached hydrogens (tertiary/aromatic N) is 3. The maximum atomic E-state index is 12.1. The summed E-state index contributed by atoms with van der Waals surface area (Å²) in [7, 11) is 0. The van der Waals surface area contributed by atoms with Crippen LogP contribution in [0.25, 0.3) is 11.0 Å². The lowest BCUT2D eigenvalue weighted by Crippen LogP contribution is -2.36. The average molecular weight is 341 g/mol. The number of amides is 3.